The van der Waals surface area contributed by atoms with Crippen LogP contribution in [0.3, 0.4) is 0 Å². The monoisotopic (exact) mass is 498 g/mol. The van der Waals surface area contributed by atoms with Gasteiger partial charge in [-0.1, -0.05) is 33.2 Å². The lowest BCUT2D eigenvalue weighted by Crippen LogP contribution is -2.17. The van der Waals surface area contributed by atoms with Crippen LogP contribution >= 0.6 is 15.9 Å². The van der Waals surface area contributed by atoms with Crippen molar-refractivity contribution in [3.63, 3.8) is 0 Å². The molecule has 1 atom stereocenters. The molecule has 10 heteroatoms. The van der Waals surface area contributed by atoms with E-state index < -0.39 is 23.9 Å². The number of nitrogens with one attached hydrogen (secondary N) is 1. The largest absolute Gasteiger partial charge is 0.496 e. The van der Waals surface area contributed by atoms with Gasteiger partial charge in [0.05, 0.1) is 18.2 Å². The first-order valence-corrected chi connectivity index (χ1v) is 9.84. The number of carbonyl (C=O) groups is 1. The molecule has 1 N–H and O–H groups in total. The molecule has 0 bridgehead atoms. The van der Waals surface area contributed by atoms with Crippen LogP contribution in [0.25, 0.3) is 11.3 Å². The van der Waals surface area contributed by atoms with E-state index in [9.17, 15) is 18.0 Å². The van der Waals surface area contributed by atoms with E-state index in [2.05, 4.69) is 26.4 Å². The van der Waals surface area contributed by atoms with Gasteiger partial charge in [-0.3, -0.25) is 5.32 Å². The van der Waals surface area contributed by atoms with Crippen molar-refractivity contribution in [1.29, 1.82) is 0 Å². The highest BCUT2D eigenvalue weighted by Crippen LogP contribution is 2.38. The van der Waals surface area contributed by atoms with E-state index in [0.717, 1.165) is 16.6 Å². The lowest BCUT2D eigenvalue weighted by atomic mass is 10.1. The molecule has 0 radical (unpaired) electrons. The summed E-state index contributed by atoms with van der Waals surface area (Å²) in [6.45, 7) is 3.11. The van der Waals surface area contributed by atoms with Crippen molar-refractivity contribution in [2.75, 3.05) is 12.4 Å². The van der Waals surface area contributed by atoms with E-state index in [1.807, 2.05) is 0 Å². The minimum absolute atomic E-state index is 0.210. The molecule has 0 saturated carbocycles. The Morgan fingerprint density at radius 2 is 1.97 bits per heavy atom. The van der Waals surface area contributed by atoms with E-state index in [1.165, 1.54) is 26.2 Å². The molecule has 0 spiro atoms. The summed E-state index contributed by atoms with van der Waals surface area (Å²) in [5.74, 6) is 0.741. The van der Waals surface area contributed by atoms with Gasteiger partial charge in [0.15, 0.2) is 5.76 Å². The van der Waals surface area contributed by atoms with Crippen LogP contribution in [-0.4, -0.2) is 18.4 Å². The lowest BCUT2D eigenvalue weighted by molar-refractivity contribution is -0.137. The van der Waals surface area contributed by atoms with Gasteiger partial charge >= 0.3 is 12.3 Å². The molecule has 0 aliphatic carbocycles. The Hall–Kier alpha value is -3.01. The third-order valence-corrected chi connectivity index (χ3v) is 4.96. The Labute approximate surface area is 184 Å². The molecule has 0 fully saturated rings. The first-order chi connectivity index (χ1) is 14.6. The topological polar surface area (TPSA) is 73.6 Å². The number of anilines is 1. The number of rotatable bonds is 5. The summed E-state index contributed by atoms with van der Waals surface area (Å²) in [6.07, 6.45) is -6.28. The van der Waals surface area contributed by atoms with Crippen molar-refractivity contribution in [1.82, 2.24) is 5.16 Å². The molecular formula is C21H18BrF3N2O4. The molecule has 2 aromatic carbocycles. The fourth-order valence-corrected chi connectivity index (χ4v) is 3.22. The van der Waals surface area contributed by atoms with E-state index in [4.69, 9.17) is 14.0 Å². The zero-order valence-corrected chi connectivity index (χ0v) is 18.3. The Balaban J connectivity index is 1.80. The second-order valence-corrected chi connectivity index (χ2v) is 7.53. The van der Waals surface area contributed by atoms with Crippen LogP contribution in [0.2, 0.25) is 0 Å². The maximum absolute atomic E-state index is 12.9. The standard InChI is InChI=1S/C21H18BrF3N2O4/c1-11-18(19(31-27-11)16-8-7-15(22)10-17(16)29-3)26-20(28)30-12(2)13-5-4-6-14(9-13)21(23,24)25/h4-10,12H,1-3H3,(H,26,28)/t12-/m1/s1. The first-order valence-electron chi connectivity index (χ1n) is 9.05. The molecule has 31 heavy (non-hydrogen) atoms. The Morgan fingerprint density at radius 3 is 2.65 bits per heavy atom. The second kappa shape index (κ2) is 9.01. The van der Waals surface area contributed by atoms with Gasteiger partial charge in [-0.2, -0.15) is 13.2 Å². The van der Waals surface area contributed by atoms with Crippen molar-refractivity contribution in [2.45, 2.75) is 26.1 Å². The Bertz CT molecular complexity index is 1100. The number of methoxy groups -OCH3 is 1. The number of aryl methyl sites for hydroxylation is 1. The number of hydrogen-bond donors (Lipinski definition) is 1. The molecular weight excluding hydrogens is 481 g/mol. The molecule has 3 rings (SSSR count). The SMILES string of the molecule is COc1cc(Br)ccc1-c1onc(C)c1NC(=O)O[C@H](C)c1cccc(C(F)(F)F)c1. The fraction of sp³-hybridized carbons (Fsp3) is 0.238. The third kappa shape index (κ3) is 5.19. The van der Waals surface area contributed by atoms with Crippen LogP contribution in [-0.2, 0) is 10.9 Å². The number of halogens is 4. The van der Waals surface area contributed by atoms with Gasteiger partial charge in [-0.05, 0) is 49.7 Å². The number of hydrogen-bond acceptors (Lipinski definition) is 5. The molecule has 1 heterocycles. The van der Waals surface area contributed by atoms with Crippen molar-refractivity contribution in [3.8, 4) is 17.1 Å². The Morgan fingerprint density at radius 1 is 1.23 bits per heavy atom. The highest BCUT2D eigenvalue weighted by Gasteiger charge is 2.31. The highest BCUT2D eigenvalue weighted by molar-refractivity contribution is 9.10. The Kier molecular flexibility index (Phi) is 6.59. The number of carbonyl (C=O) groups excluding carboxylic acids is 1. The van der Waals surface area contributed by atoms with Crippen molar-refractivity contribution in [2.24, 2.45) is 0 Å². The fourth-order valence-electron chi connectivity index (χ4n) is 2.88. The predicted octanol–water partition coefficient (Wildman–Crippen LogP) is 6.75. The number of benzene rings is 2. The van der Waals surface area contributed by atoms with Crippen molar-refractivity contribution < 1.29 is 32.0 Å². The molecule has 0 aliphatic rings. The van der Waals surface area contributed by atoms with Crippen LogP contribution in [0, 0.1) is 6.92 Å². The molecule has 0 unspecified atom stereocenters. The maximum atomic E-state index is 12.9. The molecule has 0 saturated heterocycles. The smallest absolute Gasteiger partial charge is 0.416 e. The molecule has 1 amide bonds. The van der Waals surface area contributed by atoms with Crippen LogP contribution in [0.1, 0.15) is 29.8 Å². The summed E-state index contributed by atoms with van der Waals surface area (Å²) >= 11 is 3.35. The van der Waals surface area contributed by atoms with Gasteiger partial charge in [0.1, 0.15) is 23.2 Å². The normalized spacial score (nSPS) is 12.4. The van der Waals surface area contributed by atoms with Crippen LogP contribution in [0.4, 0.5) is 23.7 Å². The quantitative estimate of drug-likeness (QED) is 0.421. The number of aromatic nitrogens is 1. The van der Waals surface area contributed by atoms with Crippen molar-refractivity contribution in [3.05, 3.63) is 63.8 Å². The maximum Gasteiger partial charge on any atom is 0.416 e. The van der Waals surface area contributed by atoms with Crippen molar-refractivity contribution >= 4 is 27.7 Å². The number of amides is 1. The summed E-state index contributed by atoms with van der Waals surface area (Å²) in [4.78, 5) is 12.5. The molecule has 164 valence electrons. The van der Waals surface area contributed by atoms with Gasteiger partial charge in [0, 0.05) is 4.47 Å². The summed E-state index contributed by atoms with van der Waals surface area (Å²) < 4.78 is 55.6. The average Bonchev–Trinajstić information content (AvgIpc) is 3.07. The van der Waals surface area contributed by atoms with E-state index >= 15 is 0 Å². The van der Waals surface area contributed by atoms with Crippen LogP contribution in [0.15, 0.2) is 51.5 Å². The number of nitrogens with zero attached hydrogens (tertiary/aromatic N) is 1. The van der Waals surface area contributed by atoms with Crippen LogP contribution in [0.5, 0.6) is 5.75 Å². The molecule has 1 aromatic heterocycles. The van der Waals surface area contributed by atoms with Gasteiger partial charge in [0.25, 0.3) is 0 Å². The van der Waals surface area contributed by atoms with Gasteiger partial charge in [-0.15, -0.1) is 0 Å². The number of alkyl halides is 3. The second-order valence-electron chi connectivity index (χ2n) is 6.61. The highest BCUT2D eigenvalue weighted by atomic mass is 79.9. The van der Waals surface area contributed by atoms with E-state index in [1.54, 1.807) is 25.1 Å². The lowest BCUT2D eigenvalue weighted by Gasteiger charge is -2.16. The third-order valence-electron chi connectivity index (χ3n) is 4.47. The van der Waals surface area contributed by atoms with Crippen LogP contribution < -0.4 is 10.1 Å². The van der Waals surface area contributed by atoms with E-state index in [0.29, 0.717) is 17.0 Å². The van der Waals surface area contributed by atoms with E-state index in [-0.39, 0.29) is 17.0 Å². The van der Waals surface area contributed by atoms with Gasteiger partial charge in [0.2, 0.25) is 0 Å². The summed E-state index contributed by atoms with van der Waals surface area (Å²) in [5.41, 5.74) is 0.597. The predicted molar refractivity (Wildman–Crippen MR) is 111 cm³/mol. The minimum Gasteiger partial charge on any atom is -0.496 e. The number of ether oxygens (including phenoxy) is 2. The summed E-state index contributed by atoms with van der Waals surface area (Å²) in [6, 6.07) is 9.84. The van der Waals surface area contributed by atoms with Gasteiger partial charge < -0.3 is 14.0 Å². The molecule has 3 aromatic rings. The first kappa shape index (κ1) is 22.7. The molecule has 6 nitrogen and oxygen atoms in total. The average molecular weight is 499 g/mol. The van der Waals surface area contributed by atoms with Gasteiger partial charge in [-0.25, -0.2) is 4.79 Å². The molecule has 0 aliphatic heterocycles. The summed E-state index contributed by atoms with van der Waals surface area (Å²) in [5, 5.41) is 6.44. The zero-order chi connectivity index (χ0) is 22.8. The minimum atomic E-state index is -4.49. The summed E-state index contributed by atoms with van der Waals surface area (Å²) in [7, 11) is 1.49. The zero-order valence-electron chi connectivity index (χ0n) is 16.7.